The number of fused-ring (bicyclic) bond motifs is 1. The first-order valence-electron chi connectivity index (χ1n) is 6.01. The second kappa shape index (κ2) is 4.43. The average Bonchev–Trinajstić information content (AvgIpc) is 2.86. The maximum atomic E-state index is 9.55. The molecule has 0 aromatic carbocycles. The van der Waals surface area contributed by atoms with E-state index in [0.717, 1.165) is 37.4 Å². The number of nitrogen functional groups attached to an aromatic ring is 1. The van der Waals surface area contributed by atoms with Gasteiger partial charge in [-0.3, -0.25) is 0 Å². The molecule has 0 bridgehead atoms. The smallest absolute Gasteiger partial charge is 0.180 e. The second-order valence-corrected chi connectivity index (χ2v) is 4.47. The minimum Gasteiger partial charge on any atom is -0.393 e. The number of aromatic nitrogens is 3. The lowest BCUT2D eigenvalue weighted by molar-refractivity contribution is 0.145. The number of nitrogens with zero attached hydrogens (tertiary/aromatic N) is 4. The van der Waals surface area contributed by atoms with Crippen molar-refractivity contribution in [3.05, 3.63) is 18.6 Å². The maximum Gasteiger partial charge on any atom is 0.180 e. The highest BCUT2D eigenvalue weighted by Gasteiger charge is 2.21. The number of hydrogen-bond donors (Lipinski definition) is 3. The summed E-state index contributed by atoms with van der Waals surface area (Å²) in [6.45, 7) is 1.56. The molecule has 0 radical (unpaired) electrons. The van der Waals surface area contributed by atoms with Crippen LogP contribution >= 0.6 is 0 Å². The number of nitrogens with two attached hydrogens (primary N) is 1. The molecule has 4 N–H and O–H groups in total. The molecule has 2 aromatic rings. The SMILES string of the molecule is NNc1cn2ccnc2c(N2CCC(O)CC2)n1. The van der Waals surface area contributed by atoms with E-state index < -0.39 is 0 Å². The highest BCUT2D eigenvalue weighted by Crippen LogP contribution is 2.23. The van der Waals surface area contributed by atoms with Crippen LogP contribution in [0, 0.1) is 0 Å². The lowest BCUT2D eigenvalue weighted by atomic mass is 10.1. The Balaban J connectivity index is 2.01. The Labute approximate surface area is 104 Å². The molecule has 18 heavy (non-hydrogen) atoms. The predicted octanol–water partition coefficient (Wildman–Crippen LogP) is -0.0240. The lowest BCUT2D eigenvalue weighted by Crippen LogP contribution is -2.36. The molecule has 1 saturated heterocycles. The molecule has 0 amide bonds. The molecule has 1 aliphatic heterocycles. The molecule has 7 nitrogen and oxygen atoms in total. The summed E-state index contributed by atoms with van der Waals surface area (Å²) in [5.74, 6) is 6.83. The standard InChI is InChI=1S/C11H16N6O/c12-15-9-7-17-6-3-13-10(17)11(14-9)16-4-1-8(18)2-5-16/h3,6-8,15,18H,1-2,4-5,12H2. The summed E-state index contributed by atoms with van der Waals surface area (Å²) in [6.07, 6.45) is 6.71. The molecule has 2 aromatic heterocycles. The number of aliphatic hydroxyl groups excluding tert-OH is 1. The van der Waals surface area contributed by atoms with Gasteiger partial charge in [0.25, 0.3) is 0 Å². The van der Waals surface area contributed by atoms with E-state index in [1.54, 1.807) is 12.4 Å². The van der Waals surface area contributed by atoms with Crippen LogP contribution < -0.4 is 16.2 Å². The minimum atomic E-state index is -0.201. The van der Waals surface area contributed by atoms with Crippen LogP contribution in [0.3, 0.4) is 0 Å². The average molecular weight is 248 g/mol. The Morgan fingerprint density at radius 1 is 1.39 bits per heavy atom. The van der Waals surface area contributed by atoms with Gasteiger partial charge >= 0.3 is 0 Å². The Morgan fingerprint density at radius 2 is 2.17 bits per heavy atom. The summed E-state index contributed by atoms with van der Waals surface area (Å²) < 4.78 is 1.89. The van der Waals surface area contributed by atoms with Crippen LogP contribution in [0.4, 0.5) is 11.6 Å². The van der Waals surface area contributed by atoms with Gasteiger partial charge in [-0.2, -0.15) is 0 Å². The van der Waals surface area contributed by atoms with E-state index in [0.29, 0.717) is 5.82 Å². The van der Waals surface area contributed by atoms with Gasteiger partial charge in [-0.1, -0.05) is 0 Å². The van der Waals surface area contributed by atoms with Gasteiger partial charge in [0.05, 0.1) is 12.3 Å². The summed E-state index contributed by atoms with van der Waals surface area (Å²) in [5.41, 5.74) is 3.37. The Morgan fingerprint density at radius 3 is 2.89 bits per heavy atom. The molecule has 0 unspecified atom stereocenters. The first-order valence-corrected chi connectivity index (χ1v) is 6.01. The summed E-state index contributed by atoms with van der Waals surface area (Å²) >= 11 is 0. The zero-order valence-electron chi connectivity index (χ0n) is 9.95. The van der Waals surface area contributed by atoms with Crippen LogP contribution in [-0.4, -0.2) is 38.7 Å². The fraction of sp³-hybridized carbons (Fsp3) is 0.455. The van der Waals surface area contributed by atoms with E-state index in [9.17, 15) is 5.11 Å². The van der Waals surface area contributed by atoms with E-state index in [1.807, 2.05) is 10.6 Å². The minimum absolute atomic E-state index is 0.201. The number of aliphatic hydroxyl groups is 1. The highest BCUT2D eigenvalue weighted by molar-refractivity contribution is 5.66. The van der Waals surface area contributed by atoms with E-state index in [4.69, 9.17) is 5.84 Å². The maximum absolute atomic E-state index is 9.55. The van der Waals surface area contributed by atoms with Crippen LogP contribution in [-0.2, 0) is 0 Å². The first-order chi connectivity index (χ1) is 8.78. The fourth-order valence-electron chi connectivity index (χ4n) is 2.27. The van der Waals surface area contributed by atoms with Crippen molar-refractivity contribution in [2.45, 2.75) is 18.9 Å². The topological polar surface area (TPSA) is 91.7 Å². The van der Waals surface area contributed by atoms with Crippen molar-refractivity contribution in [3.63, 3.8) is 0 Å². The van der Waals surface area contributed by atoms with Crippen molar-refractivity contribution in [1.82, 2.24) is 14.4 Å². The van der Waals surface area contributed by atoms with Crippen molar-refractivity contribution in [3.8, 4) is 0 Å². The summed E-state index contributed by atoms with van der Waals surface area (Å²) in [5, 5.41) is 9.55. The van der Waals surface area contributed by atoms with Crippen LogP contribution in [0.25, 0.3) is 5.65 Å². The number of hydrogen-bond acceptors (Lipinski definition) is 6. The van der Waals surface area contributed by atoms with Crippen LogP contribution in [0.1, 0.15) is 12.8 Å². The van der Waals surface area contributed by atoms with Gasteiger partial charge in [0.1, 0.15) is 0 Å². The number of hydrazine groups is 1. The highest BCUT2D eigenvalue weighted by atomic mass is 16.3. The zero-order chi connectivity index (χ0) is 12.5. The van der Waals surface area contributed by atoms with Crippen molar-refractivity contribution < 1.29 is 5.11 Å². The molecule has 96 valence electrons. The number of anilines is 2. The molecular weight excluding hydrogens is 232 g/mol. The molecule has 0 spiro atoms. The van der Waals surface area contributed by atoms with Crippen molar-refractivity contribution in [2.24, 2.45) is 5.84 Å². The van der Waals surface area contributed by atoms with Crippen molar-refractivity contribution in [2.75, 3.05) is 23.4 Å². The second-order valence-electron chi connectivity index (χ2n) is 4.47. The third-order valence-corrected chi connectivity index (χ3v) is 3.27. The van der Waals surface area contributed by atoms with Crippen molar-refractivity contribution in [1.29, 1.82) is 0 Å². The number of rotatable bonds is 2. The predicted molar refractivity (Wildman–Crippen MR) is 68.3 cm³/mol. The van der Waals surface area contributed by atoms with Crippen LogP contribution in [0.5, 0.6) is 0 Å². The van der Waals surface area contributed by atoms with Gasteiger partial charge in [0.2, 0.25) is 0 Å². The molecule has 3 heterocycles. The zero-order valence-corrected chi connectivity index (χ0v) is 9.95. The van der Waals surface area contributed by atoms with Crippen LogP contribution in [0.15, 0.2) is 18.6 Å². The molecule has 7 heteroatoms. The van der Waals surface area contributed by atoms with Crippen LogP contribution in [0.2, 0.25) is 0 Å². The third kappa shape index (κ3) is 1.87. The molecular formula is C11H16N6O. The monoisotopic (exact) mass is 248 g/mol. The van der Waals surface area contributed by atoms with E-state index in [-0.39, 0.29) is 6.10 Å². The number of nitrogens with one attached hydrogen (secondary N) is 1. The largest absolute Gasteiger partial charge is 0.393 e. The number of imidazole rings is 1. The fourth-order valence-corrected chi connectivity index (χ4v) is 2.27. The van der Waals surface area contributed by atoms with Gasteiger partial charge in [-0.15, -0.1) is 0 Å². The van der Waals surface area contributed by atoms with E-state index >= 15 is 0 Å². The molecule has 0 atom stereocenters. The summed E-state index contributed by atoms with van der Waals surface area (Å²) in [4.78, 5) is 10.9. The van der Waals surface area contributed by atoms with Gasteiger partial charge < -0.3 is 19.8 Å². The summed E-state index contributed by atoms with van der Waals surface area (Å²) in [6, 6.07) is 0. The third-order valence-electron chi connectivity index (χ3n) is 3.27. The van der Waals surface area contributed by atoms with Gasteiger partial charge in [-0.05, 0) is 12.8 Å². The normalized spacial score (nSPS) is 17.3. The molecule has 3 rings (SSSR count). The Bertz CT molecular complexity index is 545. The molecule has 0 saturated carbocycles. The first kappa shape index (κ1) is 11.2. The van der Waals surface area contributed by atoms with Gasteiger partial charge in [0, 0.05) is 25.5 Å². The molecule has 0 aliphatic carbocycles. The van der Waals surface area contributed by atoms with E-state index in [2.05, 4.69) is 20.3 Å². The summed E-state index contributed by atoms with van der Waals surface area (Å²) in [7, 11) is 0. The number of piperidine rings is 1. The lowest BCUT2D eigenvalue weighted by Gasteiger charge is -2.30. The van der Waals surface area contributed by atoms with Gasteiger partial charge in [0.15, 0.2) is 17.3 Å². The van der Waals surface area contributed by atoms with Crippen molar-refractivity contribution >= 4 is 17.3 Å². The Kier molecular flexibility index (Phi) is 2.77. The van der Waals surface area contributed by atoms with Gasteiger partial charge in [-0.25, -0.2) is 15.8 Å². The van der Waals surface area contributed by atoms with E-state index in [1.165, 1.54) is 0 Å². The quantitative estimate of drug-likeness (QED) is 0.511. The Hall–Kier alpha value is -1.86. The molecule has 1 aliphatic rings. The molecule has 1 fully saturated rings.